The van der Waals surface area contributed by atoms with Crippen LogP contribution >= 0.6 is 23.4 Å². The first-order valence-electron chi connectivity index (χ1n) is 9.80. The van der Waals surface area contributed by atoms with Crippen LogP contribution in [0.5, 0.6) is 0 Å². The largest absolute Gasteiger partial charge is 0.467 e. The summed E-state index contributed by atoms with van der Waals surface area (Å²) in [6.45, 7) is 2.80. The van der Waals surface area contributed by atoms with Crippen LogP contribution in [0, 0.1) is 0 Å². The van der Waals surface area contributed by atoms with Crippen LogP contribution in [0.15, 0.2) is 82.6 Å². The molecule has 31 heavy (non-hydrogen) atoms. The van der Waals surface area contributed by atoms with E-state index in [4.69, 9.17) is 16.0 Å². The van der Waals surface area contributed by atoms with Crippen LogP contribution in [0.3, 0.4) is 0 Å². The highest BCUT2D eigenvalue weighted by molar-refractivity contribution is 8.00. The topological polar surface area (TPSA) is 73.0 Å². The molecule has 4 aromatic rings. The molecule has 0 saturated heterocycles. The van der Waals surface area contributed by atoms with Crippen molar-refractivity contribution in [3.8, 4) is 11.4 Å². The predicted molar refractivity (Wildman–Crippen MR) is 122 cm³/mol. The van der Waals surface area contributed by atoms with Gasteiger partial charge in [-0.1, -0.05) is 53.7 Å². The molecular weight excluding hydrogens is 432 g/mol. The number of amides is 1. The van der Waals surface area contributed by atoms with Crippen molar-refractivity contribution in [2.75, 3.05) is 0 Å². The standard InChI is InChI=1S/C23H21ClN4O2S/c1-16(22(29)25-14-20-8-5-13-30-20)31-23-27-26-21(18-9-11-19(24)12-10-18)28(23)15-17-6-3-2-4-7-17/h2-13,16H,14-15H2,1H3,(H,25,29). The quantitative estimate of drug-likeness (QED) is 0.379. The third-order valence-electron chi connectivity index (χ3n) is 4.67. The number of thioether (sulfide) groups is 1. The first kappa shape index (κ1) is 21.2. The third kappa shape index (κ3) is 5.37. The summed E-state index contributed by atoms with van der Waals surface area (Å²) in [7, 11) is 0. The molecule has 0 fully saturated rings. The fourth-order valence-electron chi connectivity index (χ4n) is 3.04. The summed E-state index contributed by atoms with van der Waals surface area (Å²) in [4.78, 5) is 12.6. The maximum atomic E-state index is 12.6. The van der Waals surface area contributed by atoms with Gasteiger partial charge in [-0.3, -0.25) is 9.36 Å². The Balaban J connectivity index is 1.55. The number of rotatable bonds is 8. The molecule has 1 unspecified atom stereocenters. The molecule has 4 rings (SSSR count). The fourth-order valence-corrected chi connectivity index (χ4v) is 4.04. The van der Waals surface area contributed by atoms with Crippen molar-refractivity contribution >= 4 is 29.3 Å². The molecule has 0 radical (unpaired) electrons. The van der Waals surface area contributed by atoms with Crippen LogP contribution < -0.4 is 5.32 Å². The zero-order valence-electron chi connectivity index (χ0n) is 16.9. The lowest BCUT2D eigenvalue weighted by Gasteiger charge is -2.14. The summed E-state index contributed by atoms with van der Waals surface area (Å²) < 4.78 is 7.30. The molecule has 0 aliphatic carbocycles. The van der Waals surface area contributed by atoms with E-state index in [1.165, 1.54) is 11.8 Å². The minimum absolute atomic E-state index is 0.0938. The number of aromatic nitrogens is 3. The van der Waals surface area contributed by atoms with Gasteiger partial charge in [0.2, 0.25) is 5.91 Å². The summed E-state index contributed by atoms with van der Waals surface area (Å²) in [6, 6.07) is 21.2. The molecule has 6 nitrogen and oxygen atoms in total. The average Bonchev–Trinajstić information content (AvgIpc) is 3.44. The number of nitrogens with zero attached hydrogens (tertiary/aromatic N) is 3. The highest BCUT2D eigenvalue weighted by Gasteiger charge is 2.21. The number of halogens is 1. The van der Waals surface area contributed by atoms with E-state index in [1.807, 2.05) is 60.0 Å². The normalized spacial score (nSPS) is 11.9. The lowest BCUT2D eigenvalue weighted by Crippen LogP contribution is -2.30. The van der Waals surface area contributed by atoms with Gasteiger partial charge in [-0.25, -0.2) is 0 Å². The molecule has 158 valence electrons. The van der Waals surface area contributed by atoms with Gasteiger partial charge in [-0.15, -0.1) is 10.2 Å². The second kappa shape index (κ2) is 9.85. The van der Waals surface area contributed by atoms with Crippen LogP contribution in [-0.4, -0.2) is 25.9 Å². The molecule has 2 heterocycles. The molecule has 1 amide bonds. The Morgan fingerprint density at radius 1 is 1.10 bits per heavy atom. The van der Waals surface area contributed by atoms with Crippen molar-refractivity contribution in [3.63, 3.8) is 0 Å². The molecule has 0 saturated carbocycles. The van der Waals surface area contributed by atoms with Gasteiger partial charge in [0.1, 0.15) is 5.76 Å². The van der Waals surface area contributed by atoms with Crippen molar-refractivity contribution in [1.82, 2.24) is 20.1 Å². The third-order valence-corrected chi connectivity index (χ3v) is 6.00. The molecule has 2 aromatic heterocycles. The van der Waals surface area contributed by atoms with E-state index >= 15 is 0 Å². The highest BCUT2D eigenvalue weighted by atomic mass is 35.5. The van der Waals surface area contributed by atoms with Crippen molar-refractivity contribution in [3.05, 3.63) is 89.3 Å². The Morgan fingerprint density at radius 3 is 2.58 bits per heavy atom. The molecule has 1 N–H and O–H groups in total. The predicted octanol–water partition coefficient (Wildman–Crippen LogP) is 5.04. The molecule has 1 atom stereocenters. The minimum atomic E-state index is -0.355. The van der Waals surface area contributed by atoms with Gasteiger partial charge < -0.3 is 9.73 Å². The van der Waals surface area contributed by atoms with Crippen molar-refractivity contribution < 1.29 is 9.21 Å². The monoisotopic (exact) mass is 452 g/mol. The van der Waals surface area contributed by atoms with Crippen LogP contribution in [0.4, 0.5) is 0 Å². The van der Waals surface area contributed by atoms with Gasteiger partial charge in [0, 0.05) is 10.6 Å². The molecule has 8 heteroatoms. The summed E-state index contributed by atoms with van der Waals surface area (Å²) in [5.41, 5.74) is 2.03. The van der Waals surface area contributed by atoms with E-state index in [0.29, 0.717) is 29.0 Å². The van der Waals surface area contributed by atoms with Crippen LogP contribution in [0.2, 0.25) is 5.02 Å². The number of carbonyl (C=O) groups is 1. The highest BCUT2D eigenvalue weighted by Crippen LogP contribution is 2.28. The second-order valence-corrected chi connectivity index (χ2v) is 8.69. The van der Waals surface area contributed by atoms with Crippen molar-refractivity contribution in [1.29, 1.82) is 0 Å². The number of benzene rings is 2. The van der Waals surface area contributed by atoms with Gasteiger partial charge in [0.05, 0.1) is 24.6 Å². The molecule has 0 aliphatic rings. The maximum absolute atomic E-state index is 12.6. The zero-order valence-corrected chi connectivity index (χ0v) is 18.4. The fraction of sp³-hybridized carbons (Fsp3) is 0.174. The van der Waals surface area contributed by atoms with E-state index < -0.39 is 0 Å². The number of furan rings is 1. The Morgan fingerprint density at radius 2 is 1.87 bits per heavy atom. The van der Waals surface area contributed by atoms with Crippen LogP contribution in [0.1, 0.15) is 18.2 Å². The van der Waals surface area contributed by atoms with E-state index in [-0.39, 0.29) is 11.2 Å². The molecule has 0 spiro atoms. The average molecular weight is 453 g/mol. The first-order chi connectivity index (χ1) is 15.1. The molecule has 2 aromatic carbocycles. The van der Waals surface area contributed by atoms with Gasteiger partial charge in [0.25, 0.3) is 0 Å². The summed E-state index contributed by atoms with van der Waals surface area (Å²) in [5, 5.41) is 12.7. The van der Waals surface area contributed by atoms with Gasteiger partial charge in [0.15, 0.2) is 11.0 Å². The number of hydrogen-bond donors (Lipinski definition) is 1. The number of nitrogens with one attached hydrogen (secondary N) is 1. The Labute approximate surface area is 189 Å². The smallest absolute Gasteiger partial charge is 0.233 e. The van der Waals surface area contributed by atoms with E-state index in [0.717, 1.165) is 17.0 Å². The van der Waals surface area contributed by atoms with Crippen LogP contribution in [-0.2, 0) is 17.9 Å². The first-order valence-corrected chi connectivity index (χ1v) is 11.1. The second-order valence-electron chi connectivity index (χ2n) is 6.94. The Bertz CT molecular complexity index is 1130. The lowest BCUT2D eigenvalue weighted by atomic mass is 10.2. The van der Waals surface area contributed by atoms with E-state index in [9.17, 15) is 4.79 Å². The minimum Gasteiger partial charge on any atom is -0.467 e. The van der Waals surface area contributed by atoms with E-state index in [2.05, 4.69) is 27.6 Å². The molecular formula is C23H21ClN4O2S. The SMILES string of the molecule is CC(Sc1nnc(-c2ccc(Cl)cc2)n1Cc1ccccc1)C(=O)NCc1ccco1. The zero-order chi connectivity index (χ0) is 21.6. The summed E-state index contributed by atoms with van der Waals surface area (Å²) >= 11 is 7.42. The molecule has 0 aliphatic heterocycles. The van der Waals surface area contributed by atoms with Crippen LogP contribution in [0.25, 0.3) is 11.4 Å². The van der Waals surface area contributed by atoms with Gasteiger partial charge in [-0.05, 0) is 48.9 Å². The van der Waals surface area contributed by atoms with Crippen molar-refractivity contribution in [2.24, 2.45) is 0 Å². The number of carbonyl (C=O) groups excluding carboxylic acids is 1. The molecule has 0 bridgehead atoms. The lowest BCUT2D eigenvalue weighted by molar-refractivity contribution is -0.120. The van der Waals surface area contributed by atoms with E-state index in [1.54, 1.807) is 12.3 Å². The maximum Gasteiger partial charge on any atom is 0.233 e. The van der Waals surface area contributed by atoms with Gasteiger partial charge >= 0.3 is 0 Å². The summed E-state index contributed by atoms with van der Waals surface area (Å²) in [6.07, 6.45) is 1.59. The Hall–Kier alpha value is -3.03. The van der Waals surface area contributed by atoms with Gasteiger partial charge in [-0.2, -0.15) is 0 Å². The Kier molecular flexibility index (Phi) is 6.74. The number of hydrogen-bond acceptors (Lipinski definition) is 5. The summed E-state index contributed by atoms with van der Waals surface area (Å²) in [5.74, 6) is 1.35. The van der Waals surface area contributed by atoms with Crippen molar-refractivity contribution in [2.45, 2.75) is 30.4 Å².